The van der Waals surface area contributed by atoms with Gasteiger partial charge in [0.25, 0.3) is 0 Å². The molecule has 0 saturated carbocycles. The second kappa shape index (κ2) is 5.02. The summed E-state index contributed by atoms with van der Waals surface area (Å²) in [6, 6.07) is 0. The zero-order valence-corrected chi connectivity index (χ0v) is 11.7. The van der Waals surface area contributed by atoms with E-state index in [0.717, 1.165) is 11.8 Å². The highest BCUT2D eigenvalue weighted by molar-refractivity contribution is 7.99. The number of aliphatic hydroxyl groups is 1. The maximum atomic E-state index is 10.1. The number of hydrogen-bond donors (Lipinski definition) is 3. The van der Waals surface area contributed by atoms with E-state index in [1.165, 1.54) is 14.0 Å². The van der Waals surface area contributed by atoms with Crippen LogP contribution in [0.3, 0.4) is 0 Å². The minimum Gasteiger partial charge on any atom is -0.506 e. The molecule has 1 atom stereocenters. The second-order valence-corrected chi connectivity index (χ2v) is 5.38. The van der Waals surface area contributed by atoms with Crippen molar-refractivity contribution >= 4 is 35.0 Å². The Morgan fingerprint density at radius 1 is 1.18 bits per heavy atom. The Morgan fingerprint density at radius 2 is 1.59 bits per heavy atom. The SMILES string of the molecule is COc1c(Cl)c(O)c(C(C)(O)SC)c(O)c1Cl. The molecule has 0 aliphatic carbocycles. The van der Waals surface area contributed by atoms with E-state index in [1.807, 2.05) is 0 Å². The van der Waals surface area contributed by atoms with Gasteiger partial charge in [0.15, 0.2) is 5.75 Å². The van der Waals surface area contributed by atoms with E-state index in [-0.39, 0.29) is 21.4 Å². The van der Waals surface area contributed by atoms with Crippen LogP contribution >= 0.6 is 35.0 Å². The fourth-order valence-corrected chi connectivity index (χ4v) is 2.34. The third kappa shape index (κ3) is 2.38. The molecule has 0 radical (unpaired) electrons. The molecule has 0 aliphatic rings. The molecular formula is C10H12Cl2O4S. The van der Waals surface area contributed by atoms with E-state index in [4.69, 9.17) is 27.9 Å². The smallest absolute Gasteiger partial charge is 0.163 e. The molecule has 0 bridgehead atoms. The first-order chi connectivity index (χ1) is 7.77. The summed E-state index contributed by atoms with van der Waals surface area (Å²) in [5.41, 5.74) is -0.138. The van der Waals surface area contributed by atoms with Gasteiger partial charge in [-0.1, -0.05) is 23.2 Å². The van der Waals surface area contributed by atoms with Gasteiger partial charge in [0.05, 0.1) is 12.7 Å². The summed E-state index contributed by atoms with van der Waals surface area (Å²) in [5, 5.41) is 29.5. The topological polar surface area (TPSA) is 69.9 Å². The molecule has 0 saturated heterocycles. The van der Waals surface area contributed by atoms with Gasteiger partial charge in [-0.3, -0.25) is 0 Å². The van der Waals surface area contributed by atoms with Gasteiger partial charge in [-0.2, -0.15) is 0 Å². The molecule has 1 unspecified atom stereocenters. The molecule has 0 spiro atoms. The van der Waals surface area contributed by atoms with Crippen molar-refractivity contribution in [1.82, 2.24) is 0 Å². The van der Waals surface area contributed by atoms with Gasteiger partial charge in [0.2, 0.25) is 0 Å². The van der Waals surface area contributed by atoms with Crippen molar-refractivity contribution < 1.29 is 20.1 Å². The first-order valence-electron chi connectivity index (χ1n) is 4.52. The maximum absolute atomic E-state index is 10.1. The monoisotopic (exact) mass is 298 g/mol. The summed E-state index contributed by atoms with van der Waals surface area (Å²) >= 11 is 12.7. The first-order valence-corrected chi connectivity index (χ1v) is 6.50. The molecule has 17 heavy (non-hydrogen) atoms. The molecule has 1 aromatic carbocycles. The van der Waals surface area contributed by atoms with Gasteiger partial charge in [0.1, 0.15) is 26.5 Å². The van der Waals surface area contributed by atoms with Crippen LogP contribution in [0.25, 0.3) is 0 Å². The molecular weight excluding hydrogens is 287 g/mol. The van der Waals surface area contributed by atoms with E-state index >= 15 is 0 Å². The van der Waals surface area contributed by atoms with Crippen molar-refractivity contribution in [2.45, 2.75) is 11.9 Å². The van der Waals surface area contributed by atoms with Gasteiger partial charge in [-0.15, -0.1) is 11.8 Å². The van der Waals surface area contributed by atoms with Crippen LogP contribution in [-0.2, 0) is 4.93 Å². The molecule has 1 aromatic rings. The van der Waals surface area contributed by atoms with Gasteiger partial charge in [0, 0.05) is 0 Å². The van der Waals surface area contributed by atoms with Crippen molar-refractivity contribution in [3.05, 3.63) is 15.6 Å². The molecule has 1 rings (SSSR count). The quantitative estimate of drug-likeness (QED) is 0.749. The predicted molar refractivity (Wildman–Crippen MR) is 69.4 cm³/mol. The van der Waals surface area contributed by atoms with E-state index in [1.54, 1.807) is 6.26 Å². The summed E-state index contributed by atoms with van der Waals surface area (Å²) in [6.45, 7) is 1.41. The Kier molecular flexibility index (Phi) is 4.30. The van der Waals surface area contributed by atoms with Crippen molar-refractivity contribution in [3.63, 3.8) is 0 Å². The lowest BCUT2D eigenvalue weighted by Crippen LogP contribution is -2.16. The Labute approximate surface area is 113 Å². The molecule has 0 amide bonds. The predicted octanol–water partition coefficient (Wildman–Crippen LogP) is 2.94. The van der Waals surface area contributed by atoms with Gasteiger partial charge in [-0.25, -0.2) is 0 Å². The average Bonchev–Trinajstić information content (AvgIpc) is 2.27. The van der Waals surface area contributed by atoms with Crippen LogP contribution in [-0.4, -0.2) is 28.7 Å². The minimum absolute atomic E-state index is 0.0380. The Balaban J connectivity index is 3.65. The standard InChI is InChI=1S/C10H12Cl2O4S/c1-10(15,17-3)4-7(13)5(11)9(16-2)6(12)8(4)14/h13-15H,1-3H3. The lowest BCUT2D eigenvalue weighted by molar-refractivity contribution is 0.152. The Morgan fingerprint density at radius 3 is 1.88 bits per heavy atom. The number of halogens is 2. The number of ether oxygens (including phenoxy) is 1. The number of phenolic OH excluding ortho intramolecular Hbond substituents is 2. The van der Waals surface area contributed by atoms with Crippen molar-refractivity contribution in [3.8, 4) is 17.2 Å². The average molecular weight is 299 g/mol. The molecule has 0 aliphatic heterocycles. The number of rotatable bonds is 3. The third-order valence-electron chi connectivity index (χ3n) is 2.35. The Hall–Kier alpha value is -0.490. The molecule has 0 heterocycles. The van der Waals surface area contributed by atoms with Crippen molar-refractivity contribution in [1.29, 1.82) is 0 Å². The van der Waals surface area contributed by atoms with E-state index in [0.29, 0.717) is 0 Å². The first kappa shape index (κ1) is 14.6. The van der Waals surface area contributed by atoms with Gasteiger partial charge < -0.3 is 20.1 Å². The lowest BCUT2D eigenvalue weighted by atomic mass is 10.1. The summed E-state index contributed by atoms with van der Waals surface area (Å²) in [7, 11) is 1.30. The molecule has 0 aromatic heterocycles. The van der Waals surface area contributed by atoms with Crippen LogP contribution < -0.4 is 4.74 Å². The summed E-state index contributed by atoms with van der Waals surface area (Å²) < 4.78 is 4.87. The van der Waals surface area contributed by atoms with Gasteiger partial charge >= 0.3 is 0 Å². The van der Waals surface area contributed by atoms with Crippen LogP contribution in [0.2, 0.25) is 10.0 Å². The molecule has 0 fully saturated rings. The lowest BCUT2D eigenvalue weighted by Gasteiger charge is -2.25. The normalized spacial score (nSPS) is 14.5. The van der Waals surface area contributed by atoms with E-state index in [9.17, 15) is 15.3 Å². The van der Waals surface area contributed by atoms with Crippen LogP contribution in [0.15, 0.2) is 0 Å². The van der Waals surface area contributed by atoms with Crippen LogP contribution in [0, 0.1) is 0 Å². The van der Waals surface area contributed by atoms with Gasteiger partial charge in [-0.05, 0) is 13.2 Å². The van der Waals surface area contributed by atoms with Crippen molar-refractivity contribution in [2.24, 2.45) is 0 Å². The summed E-state index contributed by atoms with van der Waals surface area (Å²) in [5.74, 6) is -0.946. The van der Waals surface area contributed by atoms with Crippen LogP contribution in [0.1, 0.15) is 12.5 Å². The fraction of sp³-hybridized carbons (Fsp3) is 0.400. The molecule has 3 N–H and O–H groups in total. The molecule has 7 heteroatoms. The number of methoxy groups -OCH3 is 1. The zero-order valence-electron chi connectivity index (χ0n) is 9.41. The number of hydrogen-bond acceptors (Lipinski definition) is 5. The number of thioether (sulfide) groups is 1. The highest BCUT2D eigenvalue weighted by Gasteiger charge is 2.34. The van der Waals surface area contributed by atoms with Crippen LogP contribution in [0.4, 0.5) is 0 Å². The fourth-order valence-electron chi connectivity index (χ4n) is 1.36. The third-order valence-corrected chi connectivity index (χ3v) is 4.05. The molecule has 4 nitrogen and oxygen atoms in total. The number of benzene rings is 1. The maximum Gasteiger partial charge on any atom is 0.163 e. The number of aromatic hydroxyl groups is 2. The largest absolute Gasteiger partial charge is 0.506 e. The van der Waals surface area contributed by atoms with Crippen LogP contribution in [0.5, 0.6) is 17.2 Å². The minimum atomic E-state index is -1.52. The van der Waals surface area contributed by atoms with E-state index < -0.39 is 16.4 Å². The Bertz CT molecular complexity index is 419. The zero-order chi connectivity index (χ0) is 13.4. The summed E-state index contributed by atoms with van der Waals surface area (Å²) in [6.07, 6.45) is 1.62. The second-order valence-electron chi connectivity index (χ2n) is 3.42. The summed E-state index contributed by atoms with van der Waals surface area (Å²) in [4.78, 5) is -1.52. The number of phenols is 2. The van der Waals surface area contributed by atoms with E-state index in [2.05, 4.69) is 0 Å². The highest BCUT2D eigenvalue weighted by atomic mass is 35.5. The van der Waals surface area contributed by atoms with Crippen molar-refractivity contribution in [2.75, 3.05) is 13.4 Å². The molecule has 96 valence electrons. The highest BCUT2D eigenvalue weighted by Crippen LogP contribution is 2.53.